The normalized spacial score (nSPS) is 11.1. The van der Waals surface area contributed by atoms with Gasteiger partial charge in [-0.05, 0) is 36.2 Å². The maximum atomic E-state index is 3.51. The molecule has 0 saturated carbocycles. The van der Waals surface area contributed by atoms with Crippen molar-refractivity contribution in [1.82, 2.24) is 10.2 Å². The van der Waals surface area contributed by atoms with Crippen molar-refractivity contribution in [2.24, 2.45) is 0 Å². The van der Waals surface area contributed by atoms with Crippen LogP contribution in [0.1, 0.15) is 10.4 Å². The van der Waals surface area contributed by atoms with E-state index in [9.17, 15) is 0 Å². The van der Waals surface area contributed by atoms with Crippen molar-refractivity contribution in [3.63, 3.8) is 0 Å². The van der Waals surface area contributed by atoms with Crippen LogP contribution in [0.25, 0.3) is 0 Å². The summed E-state index contributed by atoms with van der Waals surface area (Å²) >= 11 is 5.31. The minimum absolute atomic E-state index is 0.975. The summed E-state index contributed by atoms with van der Waals surface area (Å²) in [7, 11) is 2.16. The van der Waals surface area contributed by atoms with Crippen LogP contribution in [0.2, 0.25) is 0 Å². The van der Waals surface area contributed by atoms with Crippen molar-refractivity contribution in [2.45, 2.75) is 13.1 Å². The molecule has 1 aromatic heterocycles. The van der Waals surface area contributed by atoms with Crippen molar-refractivity contribution >= 4 is 27.3 Å². The first-order valence-electron chi connectivity index (χ1n) is 6.40. The van der Waals surface area contributed by atoms with E-state index in [4.69, 9.17) is 0 Å². The standard InChI is InChI=1S/C15H19BrN2S/c1-18(12-13-4-2-5-14(16)10-13)8-7-17-11-15-6-3-9-19-15/h2-6,9-10,17H,7-8,11-12H2,1H3. The summed E-state index contributed by atoms with van der Waals surface area (Å²) in [5.74, 6) is 0. The monoisotopic (exact) mass is 338 g/mol. The van der Waals surface area contributed by atoms with E-state index in [1.54, 1.807) is 11.3 Å². The minimum Gasteiger partial charge on any atom is -0.311 e. The second kappa shape index (κ2) is 7.80. The summed E-state index contributed by atoms with van der Waals surface area (Å²) < 4.78 is 1.15. The van der Waals surface area contributed by atoms with E-state index in [-0.39, 0.29) is 0 Å². The first kappa shape index (κ1) is 14.7. The van der Waals surface area contributed by atoms with Gasteiger partial charge in [0, 0.05) is 35.5 Å². The molecule has 0 aliphatic rings. The molecule has 1 N–H and O–H groups in total. The third-order valence-corrected chi connectivity index (χ3v) is 4.26. The molecule has 2 rings (SSSR count). The highest BCUT2D eigenvalue weighted by Gasteiger charge is 2.01. The van der Waals surface area contributed by atoms with Crippen molar-refractivity contribution in [2.75, 3.05) is 20.1 Å². The molecule has 2 aromatic rings. The van der Waals surface area contributed by atoms with Gasteiger partial charge in [0.15, 0.2) is 0 Å². The van der Waals surface area contributed by atoms with Crippen molar-refractivity contribution in [3.8, 4) is 0 Å². The lowest BCUT2D eigenvalue weighted by molar-refractivity contribution is 0.324. The first-order valence-corrected chi connectivity index (χ1v) is 8.07. The molecular formula is C15H19BrN2S. The zero-order chi connectivity index (χ0) is 13.5. The Bertz CT molecular complexity index is 485. The molecule has 1 heterocycles. The first-order chi connectivity index (χ1) is 9.24. The maximum Gasteiger partial charge on any atom is 0.0300 e. The second-order valence-corrected chi connectivity index (χ2v) is 6.57. The van der Waals surface area contributed by atoms with Crippen LogP contribution < -0.4 is 5.32 Å². The summed E-state index contributed by atoms with van der Waals surface area (Å²) in [6.07, 6.45) is 0. The van der Waals surface area contributed by atoms with Gasteiger partial charge in [-0.2, -0.15) is 0 Å². The summed E-state index contributed by atoms with van der Waals surface area (Å²) in [6, 6.07) is 12.8. The molecule has 0 aliphatic carbocycles. The summed E-state index contributed by atoms with van der Waals surface area (Å²) in [5.41, 5.74) is 1.34. The molecule has 0 aliphatic heterocycles. The SMILES string of the molecule is CN(CCNCc1cccs1)Cc1cccc(Br)c1. The molecule has 0 saturated heterocycles. The molecule has 0 radical (unpaired) electrons. The number of rotatable bonds is 7. The molecule has 1 aromatic carbocycles. The van der Waals surface area contributed by atoms with E-state index < -0.39 is 0 Å². The molecule has 0 fully saturated rings. The zero-order valence-electron chi connectivity index (χ0n) is 11.1. The Morgan fingerprint density at radius 2 is 2.16 bits per heavy atom. The highest BCUT2D eigenvalue weighted by Crippen LogP contribution is 2.12. The largest absolute Gasteiger partial charge is 0.311 e. The van der Waals surface area contributed by atoms with Crippen LogP contribution in [0.4, 0.5) is 0 Å². The van der Waals surface area contributed by atoms with Crippen molar-refractivity contribution in [1.29, 1.82) is 0 Å². The average molecular weight is 339 g/mol. The molecule has 0 bridgehead atoms. The smallest absolute Gasteiger partial charge is 0.0300 e. The Morgan fingerprint density at radius 1 is 1.26 bits per heavy atom. The molecule has 19 heavy (non-hydrogen) atoms. The number of thiophene rings is 1. The summed E-state index contributed by atoms with van der Waals surface area (Å²) in [5, 5.41) is 5.60. The predicted molar refractivity (Wildman–Crippen MR) is 86.5 cm³/mol. The number of halogens is 1. The fraction of sp³-hybridized carbons (Fsp3) is 0.333. The number of nitrogens with zero attached hydrogens (tertiary/aromatic N) is 1. The van der Waals surface area contributed by atoms with Gasteiger partial charge in [0.25, 0.3) is 0 Å². The minimum atomic E-state index is 0.975. The van der Waals surface area contributed by atoms with E-state index in [1.807, 2.05) is 0 Å². The average Bonchev–Trinajstić information content (AvgIpc) is 2.88. The van der Waals surface area contributed by atoms with Gasteiger partial charge in [0.2, 0.25) is 0 Å². The van der Waals surface area contributed by atoms with Crippen molar-refractivity contribution in [3.05, 3.63) is 56.7 Å². The number of nitrogens with one attached hydrogen (secondary N) is 1. The lowest BCUT2D eigenvalue weighted by Crippen LogP contribution is -2.28. The Kier molecular flexibility index (Phi) is 6.04. The fourth-order valence-electron chi connectivity index (χ4n) is 1.92. The van der Waals surface area contributed by atoms with Gasteiger partial charge in [-0.1, -0.05) is 34.1 Å². The van der Waals surface area contributed by atoms with Crippen LogP contribution in [-0.4, -0.2) is 25.0 Å². The third-order valence-electron chi connectivity index (χ3n) is 2.89. The quantitative estimate of drug-likeness (QED) is 0.773. The molecule has 0 amide bonds. The van der Waals surface area contributed by atoms with Crippen LogP contribution in [0, 0.1) is 0 Å². The Balaban J connectivity index is 1.65. The molecular weight excluding hydrogens is 320 g/mol. The lowest BCUT2D eigenvalue weighted by atomic mass is 10.2. The third kappa shape index (κ3) is 5.45. The van der Waals surface area contributed by atoms with E-state index >= 15 is 0 Å². The maximum absolute atomic E-state index is 3.51. The highest BCUT2D eigenvalue weighted by atomic mass is 79.9. The van der Waals surface area contributed by atoms with Crippen LogP contribution >= 0.6 is 27.3 Å². The number of likely N-dealkylation sites (N-methyl/N-ethyl adjacent to an activating group) is 1. The van der Waals surface area contributed by atoms with Gasteiger partial charge in [0.05, 0.1) is 0 Å². The molecule has 0 atom stereocenters. The Labute approximate surface area is 127 Å². The van der Waals surface area contributed by atoms with Gasteiger partial charge in [0.1, 0.15) is 0 Å². The van der Waals surface area contributed by atoms with Crippen LogP contribution in [0.15, 0.2) is 46.3 Å². The highest BCUT2D eigenvalue weighted by molar-refractivity contribution is 9.10. The number of hydrogen-bond acceptors (Lipinski definition) is 3. The molecule has 0 spiro atoms. The van der Waals surface area contributed by atoms with Crippen LogP contribution in [0.3, 0.4) is 0 Å². The summed E-state index contributed by atoms with van der Waals surface area (Å²) in [6.45, 7) is 4.03. The predicted octanol–water partition coefficient (Wildman–Crippen LogP) is 3.73. The van der Waals surface area contributed by atoms with Gasteiger partial charge < -0.3 is 10.2 Å². The van der Waals surface area contributed by atoms with Crippen LogP contribution in [-0.2, 0) is 13.1 Å². The van der Waals surface area contributed by atoms with Gasteiger partial charge >= 0.3 is 0 Å². The van der Waals surface area contributed by atoms with E-state index in [0.29, 0.717) is 0 Å². The second-order valence-electron chi connectivity index (χ2n) is 4.62. The Morgan fingerprint density at radius 3 is 2.89 bits per heavy atom. The Hall–Kier alpha value is -0.680. The summed E-state index contributed by atoms with van der Waals surface area (Å²) in [4.78, 5) is 3.73. The van der Waals surface area contributed by atoms with Gasteiger partial charge in [-0.15, -0.1) is 11.3 Å². The van der Waals surface area contributed by atoms with Crippen LogP contribution in [0.5, 0.6) is 0 Å². The topological polar surface area (TPSA) is 15.3 Å². The molecule has 0 unspecified atom stereocenters. The number of hydrogen-bond donors (Lipinski definition) is 1. The van der Waals surface area contributed by atoms with Gasteiger partial charge in [-0.3, -0.25) is 0 Å². The number of benzene rings is 1. The van der Waals surface area contributed by atoms with E-state index in [1.165, 1.54) is 10.4 Å². The van der Waals surface area contributed by atoms with E-state index in [2.05, 4.69) is 75.0 Å². The zero-order valence-corrected chi connectivity index (χ0v) is 13.5. The molecule has 4 heteroatoms. The molecule has 102 valence electrons. The fourth-order valence-corrected chi connectivity index (χ4v) is 3.04. The molecule has 2 nitrogen and oxygen atoms in total. The lowest BCUT2D eigenvalue weighted by Gasteiger charge is -2.17. The van der Waals surface area contributed by atoms with E-state index in [0.717, 1.165) is 30.7 Å². The van der Waals surface area contributed by atoms with Crippen molar-refractivity contribution < 1.29 is 0 Å². The van der Waals surface area contributed by atoms with Gasteiger partial charge in [-0.25, -0.2) is 0 Å².